The number of nitrogens with one attached hydrogen (secondary N) is 1. The van der Waals surface area contributed by atoms with E-state index in [-0.39, 0.29) is 11.9 Å². The second-order valence-corrected chi connectivity index (χ2v) is 4.37. The third-order valence-electron chi connectivity index (χ3n) is 3.07. The van der Waals surface area contributed by atoms with E-state index in [0.29, 0.717) is 26.1 Å². The van der Waals surface area contributed by atoms with Gasteiger partial charge in [-0.2, -0.15) is 0 Å². The van der Waals surface area contributed by atoms with E-state index in [4.69, 9.17) is 19.9 Å². The average molecular weight is 246 g/mol. The minimum Gasteiger partial charge on any atom is -0.381 e. The molecule has 1 fully saturated rings. The molecule has 1 rings (SSSR count). The van der Waals surface area contributed by atoms with Crippen LogP contribution in [-0.2, 0) is 19.0 Å². The maximum Gasteiger partial charge on any atom is 0.240 e. The van der Waals surface area contributed by atoms with E-state index in [0.717, 1.165) is 0 Å². The van der Waals surface area contributed by atoms with Gasteiger partial charge < -0.3 is 25.3 Å². The first-order chi connectivity index (χ1) is 8.03. The molecular weight excluding hydrogens is 224 g/mol. The Hall–Kier alpha value is -0.690. The number of hydrogen-bond acceptors (Lipinski definition) is 5. The van der Waals surface area contributed by atoms with Gasteiger partial charge in [0.05, 0.1) is 11.6 Å². The van der Waals surface area contributed by atoms with E-state index < -0.39 is 11.8 Å². The Balaban J connectivity index is 2.52. The Morgan fingerprint density at radius 1 is 1.35 bits per heavy atom. The van der Waals surface area contributed by atoms with Crippen molar-refractivity contribution in [3.8, 4) is 0 Å². The molecule has 6 heteroatoms. The lowest BCUT2D eigenvalue weighted by Gasteiger charge is -2.33. The topological polar surface area (TPSA) is 82.8 Å². The Labute approximate surface area is 102 Å². The summed E-state index contributed by atoms with van der Waals surface area (Å²) in [6.45, 7) is 2.87. The van der Waals surface area contributed by atoms with Gasteiger partial charge >= 0.3 is 0 Å². The number of methoxy groups -OCH3 is 2. The minimum absolute atomic E-state index is 0.174. The number of rotatable bonds is 5. The van der Waals surface area contributed by atoms with Crippen molar-refractivity contribution in [3.63, 3.8) is 0 Å². The third-order valence-corrected chi connectivity index (χ3v) is 3.07. The summed E-state index contributed by atoms with van der Waals surface area (Å²) < 4.78 is 15.4. The van der Waals surface area contributed by atoms with Gasteiger partial charge in [-0.15, -0.1) is 0 Å². The molecule has 3 N–H and O–H groups in total. The molecule has 0 radical (unpaired) electrons. The molecule has 17 heavy (non-hydrogen) atoms. The monoisotopic (exact) mass is 246 g/mol. The maximum absolute atomic E-state index is 12.1. The molecule has 0 aliphatic carbocycles. The lowest BCUT2D eigenvalue weighted by Crippen LogP contribution is -2.59. The molecule has 1 saturated heterocycles. The van der Waals surface area contributed by atoms with Crippen molar-refractivity contribution in [2.75, 3.05) is 27.4 Å². The molecule has 1 heterocycles. The fourth-order valence-corrected chi connectivity index (χ4v) is 1.89. The zero-order valence-electron chi connectivity index (χ0n) is 10.7. The first-order valence-electron chi connectivity index (χ1n) is 5.76. The molecular formula is C11H22N2O4. The predicted octanol–water partition coefficient (Wildman–Crippen LogP) is -0.382. The highest BCUT2D eigenvalue weighted by Gasteiger charge is 2.37. The van der Waals surface area contributed by atoms with E-state index in [2.05, 4.69) is 5.32 Å². The first kappa shape index (κ1) is 14.4. The molecule has 1 unspecified atom stereocenters. The summed E-state index contributed by atoms with van der Waals surface area (Å²) in [5.74, 6) is -0.174. The van der Waals surface area contributed by atoms with Crippen molar-refractivity contribution >= 4 is 5.91 Å². The fraction of sp³-hybridized carbons (Fsp3) is 0.909. The maximum atomic E-state index is 12.1. The van der Waals surface area contributed by atoms with Crippen LogP contribution in [0.4, 0.5) is 0 Å². The first-order valence-corrected chi connectivity index (χ1v) is 5.76. The number of amides is 1. The summed E-state index contributed by atoms with van der Waals surface area (Å²) in [5.41, 5.74) is 5.23. The van der Waals surface area contributed by atoms with Crippen molar-refractivity contribution in [3.05, 3.63) is 0 Å². The van der Waals surface area contributed by atoms with E-state index in [9.17, 15) is 4.79 Å². The molecule has 0 spiro atoms. The predicted molar refractivity (Wildman–Crippen MR) is 62.4 cm³/mol. The average Bonchev–Trinajstić information content (AvgIpc) is 2.31. The van der Waals surface area contributed by atoms with Gasteiger partial charge in [0.2, 0.25) is 5.91 Å². The molecule has 100 valence electrons. The van der Waals surface area contributed by atoms with Gasteiger partial charge in [-0.1, -0.05) is 0 Å². The van der Waals surface area contributed by atoms with Gasteiger partial charge in [-0.05, 0) is 19.8 Å². The van der Waals surface area contributed by atoms with Crippen LogP contribution >= 0.6 is 0 Å². The zero-order valence-corrected chi connectivity index (χ0v) is 10.7. The highest BCUT2D eigenvalue weighted by atomic mass is 16.7. The van der Waals surface area contributed by atoms with E-state index in [1.165, 1.54) is 14.2 Å². The van der Waals surface area contributed by atoms with Crippen molar-refractivity contribution in [2.45, 2.75) is 37.6 Å². The Morgan fingerprint density at radius 3 is 2.35 bits per heavy atom. The van der Waals surface area contributed by atoms with Crippen molar-refractivity contribution < 1.29 is 19.0 Å². The molecule has 1 aliphatic heterocycles. The van der Waals surface area contributed by atoms with E-state index in [1.807, 2.05) is 6.92 Å². The molecule has 0 aromatic rings. The second-order valence-electron chi connectivity index (χ2n) is 4.37. The van der Waals surface area contributed by atoms with Crippen LogP contribution in [0.2, 0.25) is 0 Å². The Bertz CT molecular complexity index is 250. The lowest BCUT2D eigenvalue weighted by molar-refractivity contribution is -0.141. The van der Waals surface area contributed by atoms with E-state index >= 15 is 0 Å². The summed E-state index contributed by atoms with van der Waals surface area (Å²) >= 11 is 0. The SMILES string of the molecule is COC(OC)C(C)NC(=O)C1(N)CCOCC1. The van der Waals surface area contributed by atoms with Gasteiger partial charge in [0.1, 0.15) is 0 Å². The van der Waals surface area contributed by atoms with Gasteiger partial charge in [0.15, 0.2) is 6.29 Å². The molecule has 0 saturated carbocycles. The smallest absolute Gasteiger partial charge is 0.240 e. The van der Waals surface area contributed by atoms with Gasteiger partial charge in [-0.25, -0.2) is 0 Å². The summed E-state index contributed by atoms with van der Waals surface area (Å²) in [6.07, 6.45) is 0.606. The molecule has 0 bridgehead atoms. The van der Waals surface area contributed by atoms with Gasteiger partial charge in [0, 0.05) is 27.4 Å². The van der Waals surface area contributed by atoms with Crippen molar-refractivity contribution in [2.24, 2.45) is 5.73 Å². The quantitative estimate of drug-likeness (QED) is 0.646. The normalized spacial score (nSPS) is 21.2. The van der Waals surface area contributed by atoms with Crippen LogP contribution in [0, 0.1) is 0 Å². The summed E-state index contributed by atoms with van der Waals surface area (Å²) in [6, 6.07) is -0.249. The standard InChI is InChI=1S/C11H22N2O4/c1-8(9(15-2)16-3)13-10(14)11(12)4-6-17-7-5-11/h8-9H,4-7,12H2,1-3H3,(H,13,14). The van der Waals surface area contributed by atoms with E-state index in [1.54, 1.807) is 0 Å². The zero-order chi connectivity index (χ0) is 12.9. The van der Waals surface area contributed by atoms with Crippen molar-refractivity contribution in [1.82, 2.24) is 5.32 Å². The summed E-state index contributed by atoms with van der Waals surface area (Å²) in [5, 5.41) is 2.82. The largest absolute Gasteiger partial charge is 0.381 e. The number of hydrogen-bond donors (Lipinski definition) is 2. The molecule has 0 aromatic carbocycles. The number of ether oxygens (including phenoxy) is 3. The highest BCUT2D eigenvalue weighted by molar-refractivity contribution is 5.86. The molecule has 6 nitrogen and oxygen atoms in total. The molecule has 1 atom stereocenters. The van der Waals surface area contributed by atoms with Crippen LogP contribution in [-0.4, -0.2) is 51.2 Å². The molecule has 0 aromatic heterocycles. The molecule has 1 aliphatic rings. The van der Waals surface area contributed by atoms with Crippen LogP contribution in [0.3, 0.4) is 0 Å². The van der Waals surface area contributed by atoms with Gasteiger partial charge in [-0.3, -0.25) is 4.79 Å². The van der Waals surface area contributed by atoms with Crippen LogP contribution < -0.4 is 11.1 Å². The second kappa shape index (κ2) is 6.30. The highest BCUT2D eigenvalue weighted by Crippen LogP contribution is 2.18. The van der Waals surface area contributed by atoms with Crippen molar-refractivity contribution in [1.29, 1.82) is 0 Å². The van der Waals surface area contributed by atoms with Gasteiger partial charge in [0.25, 0.3) is 0 Å². The Morgan fingerprint density at radius 2 is 1.88 bits per heavy atom. The Kier molecular flexibility index (Phi) is 5.32. The lowest BCUT2D eigenvalue weighted by atomic mass is 9.90. The number of carbonyl (C=O) groups is 1. The number of nitrogens with two attached hydrogens (primary N) is 1. The minimum atomic E-state index is -0.835. The summed E-state index contributed by atoms with van der Waals surface area (Å²) in [4.78, 5) is 12.1. The van der Waals surface area contributed by atoms with Crippen LogP contribution in [0.5, 0.6) is 0 Å². The van der Waals surface area contributed by atoms with Crippen LogP contribution in [0.15, 0.2) is 0 Å². The number of carbonyl (C=O) groups excluding carboxylic acids is 1. The fourth-order valence-electron chi connectivity index (χ4n) is 1.89. The summed E-state index contributed by atoms with van der Waals surface area (Å²) in [7, 11) is 3.06. The molecule has 1 amide bonds. The van der Waals surface area contributed by atoms with Crippen LogP contribution in [0.25, 0.3) is 0 Å². The third kappa shape index (κ3) is 3.64. The van der Waals surface area contributed by atoms with Crippen LogP contribution in [0.1, 0.15) is 19.8 Å².